The molecule has 0 bridgehead atoms. The van der Waals surface area contributed by atoms with Gasteiger partial charge in [0, 0.05) is 0 Å². The van der Waals surface area contributed by atoms with Gasteiger partial charge < -0.3 is 0 Å². The van der Waals surface area contributed by atoms with Gasteiger partial charge in [0.05, 0.1) is 0 Å². The number of fused-ring (bicyclic) bond motifs is 3. The number of rotatable bonds is 4. The Labute approximate surface area is 178 Å². The second kappa shape index (κ2) is 7.80. The van der Waals surface area contributed by atoms with Crippen LogP contribution in [0.15, 0.2) is 103 Å². The third kappa shape index (κ3) is 3.39. The minimum Gasteiger partial charge on any atom is -0.0804 e. The molecule has 0 nitrogen and oxygen atoms in total. The molecule has 0 N–H and O–H groups in total. The van der Waals surface area contributed by atoms with Crippen molar-refractivity contribution in [2.75, 3.05) is 0 Å². The molecular formula is C30H25. The number of hydrogen-bond donors (Lipinski definition) is 0. The first-order valence-corrected chi connectivity index (χ1v) is 10.6. The largest absolute Gasteiger partial charge is 0.0804 e. The smallest absolute Gasteiger partial charge is 0.0102 e. The Morgan fingerprint density at radius 3 is 2.17 bits per heavy atom. The van der Waals surface area contributed by atoms with Crippen LogP contribution < -0.4 is 0 Å². The molecule has 30 heavy (non-hydrogen) atoms. The van der Waals surface area contributed by atoms with Crippen molar-refractivity contribution < 1.29 is 0 Å². The van der Waals surface area contributed by atoms with Gasteiger partial charge in [0.2, 0.25) is 0 Å². The van der Waals surface area contributed by atoms with Gasteiger partial charge in [0.1, 0.15) is 0 Å². The maximum absolute atomic E-state index is 4.48. The maximum Gasteiger partial charge on any atom is -0.0102 e. The van der Waals surface area contributed by atoms with Crippen LogP contribution in [0.2, 0.25) is 0 Å². The molecular weight excluding hydrogens is 360 g/mol. The Morgan fingerprint density at radius 2 is 1.33 bits per heavy atom. The second-order valence-corrected chi connectivity index (χ2v) is 8.11. The Bertz CT molecular complexity index is 1380. The molecule has 5 aromatic carbocycles. The Hall–Kier alpha value is -3.38. The van der Waals surface area contributed by atoms with Crippen LogP contribution in [-0.2, 0) is 0 Å². The van der Waals surface area contributed by atoms with Gasteiger partial charge in [-0.05, 0) is 87.3 Å². The quantitative estimate of drug-likeness (QED) is 0.272. The van der Waals surface area contributed by atoms with E-state index in [1.54, 1.807) is 0 Å². The molecule has 1 radical (unpaired) electrons. The molecule has 1 unspecified atom stereocenters. The Morgan fingerprint density at radius 1 is 0.700 bits per heavy atom. The van der Waals surface area contributed by atoms with Crippen molar-refractivity contribution >= 4 is 37.9 Å². The standard InChI is InChI=1S/C30H25/c1-21(27-15-7-12-23-9-5-6-14-29(23)27)17-18-22(2)28-16-8-13-26-19-24-10-3-4-11-25(24)20-30(26)28/h3-16,18-21H,1,17H2,2H3. The van der Waals surface area contributed by atoms with Crippen molar-refractivity contribution in [3.8, 4) is 0 Å². The van der Waals surface area contributed by atoms with Crippen molar-refractivity contribution in [1.29, 1.82) is 0 Å². The summed E-state index contributed by atoms with van der Waals surface area (Å²) >= 11 is 0. The molecule has 0 aliphatic carbocycles. The van der Waals surface area contributed by atoms with Crippen LogP contribution in [0, 0.1) is 6.92 Å². The summed E-state index contributed by atoms with van der Waals surface area (Å²) in [4.78, 5) is 0. The van der Waals surface area contributed by atoms with E-state index in [2.05, 4.69) is 117 Å². The number of benzene rings is 5. The topological polar surface area (TPSA) is 0 Å². The molecule has 0 saturated heterocycles. The molecule has 0 spiro atoms. The lowest BCUT2D eigenvalue weighted by atomic mass is 9.90. The lowest BCUT2D eigenvalue weighted by Gasteiger charge is -2.14. The predicted molar refractivity (Wildman–Crippen MR) is 132 cm³/mol. The summed E-state index contributed by atoms with van der Waals surface area (Å²) in [6.45, 7) is 6.70. The van der Waals surface area contributed by atoms with Crippen LogP contribution in [0.1, 0.15) is 30.4 Å². The summed E-state index contributed by atoms with van der Waals surface area (Å²) in [6.07, 6.45) is 3.27. The molecule has 0 saturated carbocycles. The molecule has 0 aliphatic heterocycles. The maximum atomic E-state index is 4.48. The van der Waals surface area contributed by atoms with Gasteiger partial charge in [-0.2, -0.15) is 0 Å². The summed E-state index contributed by atoms with van der Waals surface area (Å²) < 4.78 is 0. The highest BCUT2D eigenvalue weighted by atomic mass is 14.1. The van der Waals surface area contributed by atoms with E-state index >= 15 is 0 Å². The van der Waals surface area contributed by atoms with Gasteiger partial charge in [0.25, 0.3) is 0 Å². The fourth-order valence-corrected chi connectivity index (χ4v) is 4.47. The average molecular weight is 386 g/mol. The minimum atomic E-state index is 0.224. The molecule has 1 atom stereocenters. The van der Waals surface area contributed by atoms with E-state index in [1.807, 2.05) is 0 Å². The summed E-state index contributed by atoms with van der Waals surface area (Å²) in [5, 5.41) is 7.77. The van der Waals surface area contributed by atoms with E-state index in [1.165, 1.54) is 49.0 Å². The van der Waals surface area contributed by atoms with Gasteiger partial charge in [-0.25, -0.2) is 0 Å². The predicted octanol–water partition coefficient (Wildman–Crippen LogP) is 8.56. The summed E-state index contributed by atoms with van der Waals surface area (Å²) in [7, 11) is 0. The summed E-state index contributed by atoms with van der Waals surface area (Å²) in [6, 6.07) is 34.9. The van der Waals surface area contributed by atoms with Crippen LogP contribution in [0.4, 0.5) is 0 Å². The van der Waals surface area contributed by atoms with Crippen molar-refractivity contribution in [2.45, 2.75) is 19.3 Å². The molecule has 0 amide bonds. The van der Waals surface area contributed by atoms with Crippen molar-refractivity contribution in [3.05, 3.63) is 121 Å². The minimum absolute atomic E-state index is 0.224. The van der Waals surface area contributed by atoms with Gasteiger partial charge in [0.15, 0.2) is 0 Å². The number of hydrogen-bond acceptors (Lipinski definition) is 0. The average Bonchev–Trinajstić information content (AvgIpc) is 2.80. The third-order valence-electron chi connectivity index (χ3n) is 6.14. The van der Waals surface area contributed by atoms with Crippen molar-refractivity contribution in [1.82, 2.24) is 0 Å². The van der Waals surface area contributed by atoms with E-state index in [0.29, 0.717) is 0 Å². The highest BCUT2D eigenvalue weighted by Gasteiger charge is 2.10. The van der Waals surface area contributed by atoms with Gasteiger partial charge in [-0.3, -0.25) is 0 Å². The van der Waals surface area contributed by atoms with E-state index < -0.39 is 0 Å². The van der Waals surface area contributed by atoms with Crippen molar-refractivity contribution in [2.24, 2.45) is 0 Å². The third-order valence-corrected chi connectivity index (χ3v) is 6.14. The lowest BCUT2D eigenvalue weighted by Crippen LogP contribution is -1.94. The Kier molecular flexibility index (Phi) is 4.85. The molecule has 0 heteroatoms. The monoisotopic (exact) mass is 385 g/mol. The second-order valence-electron chi connectivity index (χ2n) is 8.11. The van der Waals surface area contributed by atoms with E-state index in [0.717, 1.165) is 6.42 Å². The Balaban J connectivity index is 1.50. The first kappa shape index (κ1) is 18.6. The van der Waals surface area contributed by atoms with Crippen molar-refractivity contribution in [3.63, 3.8) is 0 Å². The number of allylic oxidation sites excluding steroid dienone is 2. The first-order valence-electron chi connectivity index (χ1n) is 10.6. The van der Waals surface area contributed by atoms with Crippen LogP contribution in [-0.4, -0.2) is 0 Å². The van der Waals surface area contributed by atoms with Gasteiger partial charge >= 0.3 is 0 Å². The van der Waals surface area contributed by atoms with Crippen LogP contribution in [0.5, 0.6) is 0 Å². The van der Waals surface area contributed by atoms with E-state index in [9.17, 15) is 0 Å². The fraction of sp³-hybridized carbons (Fsp3) is 0.100. The van der Waals surface area contributed by atoms with E-state index in [-0.39, 0.29) is 5.92 Å². The normalized spacial score (nSPS) is 13.2. The first-order chi connectivity index (χ1) is 14.7. The van der Waals surface area contributed by atoms with E-state index in [4.69, 9.17) is 0 Å². The summed E-state index contributed by atoms with van der Waals surface area (Å²) in [5.41, 5.74) is 3.94. The molecule has 5 rings (SSSR count). The van der Waals surface area contributed by atoms with Gasteiger partial charge in [-0.1, -0.05) is 91.0 Å². The lowest BCUT2D eigenvalue weighted by molar-refractivity contribution is 0.869. The highest BCUT2D eigenvalue weighted by Crippen LogP contribution is 2.32. The zero-order chi connectivity index (χ0) is 20.5. The molecule has 0 aromatic heterocycles. The molecule has 5 aromatic rings. The fourth-order valence-electron chi connectivity index (χ4n) is 4.47. The van der Waals surface area contributed by atoms with Crippen LogP contribution in [0.3, 0.4) is 0 Å². The SMILES string of the molecule is [CH2]C(CC=C(C)c1cccc2cc3ccccc3cc12)c1cccc2ccccc12. The zero-order valence-corrected chi connectivity index (χ0v) is 17.3. The zero-order valence-electron chi connectivity index (χ0n) is 17.3. The molecule has 0 aliphatic rings. The molecule has 0 heterocycles. The summed E-state index contributed by atoms with van der Waals surface area (Å²) in [5.74, 6) is 0.224. The van der Waals surface area contributed by atoms with Gasteiger partial charge in [-0.15, -0.1) is 0 Å². The molecule has 0 fully saturated rings. The molecule has 145 valence electrons. The van der Waals surface area contributed by atoms with Crippen LogP contribution in [0.25, 0.3) is 37.9 Å². The van der Waals surface area contributed by atoms with Crippen LogP contribution >= 0.6 is 0 Å². The highest BCUT2D eigenvalue weighted by molar-refractivity contribution is 6.02.